The van der Waals surface area contributed by atoms with Crippen molar-refractivity contribution in [3.8, 4) is 11.8 Å². The van der Waals surface area contributed by atoms with Gasteiger partial charge >= 0.3 is 0 Å². The molecule has 38 heavy (non-hydrogen) atoms. The molecule has 0 saturated heterocycles. The van der Waals surface area contributed by atoms with Crippen molar-refractivity contribution in [3.63, 3.8) is 0 Å². The molecule has 196 valence electrons. The van der Waals surface area contributed by atoms with Crippen LogP contribution in [0.15, 0.2) is 72.8 Å². The van der Waals surface area contributed by atoms with E-state index in [0.717, 1.165) is 11.1 Å². The van der Waals surface area contributed by atoms with E-state index in [9.17, 15) is 19.5 Å². The van der Waals surface area contributed by atoms with E-state index in [1.54, 1.807) is 42.5 Å². The summed E-state index contributed by atoms with van der Waals surface area (Å²) in [6.07, 6.45) is -1.20. The summed E-state index contributed by atoms with van der Waals surface area (Å²) in [5, 5.41) is 27.3. The fraction of sp³-hybridized carbons (Fsp3) is 0.179. The molecule has 0 spiro atoms. The molecule has 3 amide bonds. The van der Waals surface area contributed by atoms with Gasteiger partial charge in [0.1, 0.15) is 6.04 Å². The third-order valence-corrected chi connectivity index (χ3v) is 5.57. The number of hydroxylamine groups is 1. The minimum absolute atomic E-state index is 0.149. The minimum atomic E-state index is -1.30. The molecule has 0 unspecified atom stereocenters. The summed E-state index contributed by atoms with van der Waals surface area (Å²) in [5.41, 5.74) is 4.70. The van der Waals surface area contributed by atoms with Crippen LogP contribution in [0.2, 0.25) is 5.02 Å². The standard InChI is InChI=1S/C28H27ClN4O5/c1-18(34)26(28(37)33-38)32-27(36)22-11-7-19(8-12-22)5-6-20-9-13-24(14-10-20)31-25(35)17-30-16-21-3-2-4-23(29)15-21/h2-4,7-15,18,26,30,34,38H,16-17H2,1H3,(H,31,35)(H,32,36)(H,33,37)/t18-,26+/m1/s1. The second-order valence-corrected chi connectivity index (χ2v) is 8.79. The Morgan fingerprint density at radius 3 is 2.16 bits per heavy atom. The van der Waals surface area contributed by atoms with Gasteiger partial charge in [0.25, 0.3) is 11.8 Å². The molecule has 3 aromatic rings. The van der Waals surface area contributed by atoms with Gasteiger partial charge in [0.2, 0.25) is 5.91 Å². The van der Waals surface area contributed by atoms with Crippen LogP contribution in [0, 0.1) is 11.8 Å². The Hall–Kier alpha value is -4.20. The highest BCUT2D eigenvalue weighted by atomic mass is 35.5. The number of benzene rings is 3. The summed E-state index contributed by atoms with van der Waals surface area (Å²) in [6.45, 7) is 1.99. The van der Waals surface area contributed by atoms with Crippen LogP contribution in [0.1, 0.15) is 34.0 Å². The monoisotopic (exact) mass is 534 g/mol. The number of anilines is 1. The Bertz CT molecular complexity index is 1330. The lowest BCUT2D eigenvalue weighted by Gasteiger charge is -2.19. The van der Waals surface area contributed by atoms with E-state index in [1.165, 1.54) is 24.5 Å². The molecular weight excluding hydrogens is 508 g/mol. The summed E-state index contributed by atoms with van der Waals surface area (Å²) in [7, 11) is 0. The molecule has 0 aliphatic rings. The zero-order valence-electron chi connectivity index (χ0n) is 20.5. The minimum Gasteiger partial charge on any atom is -0.391 e. The van der Waals surface area contributed by atoms with Crippen LogP contribution in [0.3, 0.4) is 0 Å². The van der Waals surface area contributed by atoms with Crippen LogP contribution in [0.25, 0.3) is 0 Å². The highest BCUT2D eigenvalue weighted by molar-refractivity contribution is 6.30. The predicted octanol–water partition coefficient (Wildman–Crippen LogP) is 2.45. The molecule has 6 N–H and O–H groups in total. The quantitative estimate of drug-likeness (QED) is 0.142. The zero-order chi connectivity index (χ0) is 27.5. The Kier molecular flexibility index (Phi) is 10.4. The highest BCUT2D eigenvalue weighted by Crippen LogP contribution is 2.11. The molecule has 0 heterocycles. The van der Waals surface area contributed by atoms with Crippen LogP contribution < -0.4 is 21.4 Å². The van der Waals surface area contributed by atoms with Gasteiger partial charge < -0.3 is 21.1 Å². The number of carbonyl (C=O) groups excluding carboxylic acids is 3. The number of aliphatic hydroxyl groups excluding tert-OH is 1. The molecular formula is C28H27ClN4O5. The Labute approximate surface area is 225 Å². The van der Waals surface area contributed by atoms with Gasteiger partial charge in [0.05, 0.1) is 12.6 Å². The normalized spacial score (nSPS) is 11.9. The molecule has 0 aliphatic carbocycles. The number of amides is 3. The number of rotatable bonds is 9. The van der Waals surface area contributed by atoms with Gasteiger partial charge in [0.15, 0.2) is 0 Å². The van der Waals surface area contributed by atoms with Crippen molar-refractivity contribution in [1.29, 1.82) is 0 Å². The maximum Gasteiger partial charge on any atom is 0.268 e. The molecule has 0 aromatic heterocycles. The number of nitrogens with one attached hydrogen (secondary N) is 4. The fourth-order valence-electron chi connectivity index (χ4n) is 3.36. The average molecular weight is 535 g/mol. The van der Waals surface area contributed by atoms with E-state index in [1.807, 2.05) is 18.2 Å². The summed E-state index contributed by atoms with van der Waals surface area (Å²) in [6, 6.07) is 19.6. The van der Waals surface area contributed by atoms with Gasteiger partial charge in [-0.05, 0) is 73.2 Å². The van der Waals surface area contributed by atoms with Gasteiger partial charge in [-0.3, -0.25) is 19.6 Å². The van der Waals surface area contributed by atoms with Crippen molar-refractivity contribution >= 4 is 35.0 Å². The molecule has 0 saturated carbocycles. The first kappa shape index (κ1) is 28.4. The number of carbonyl (C=O) groups is 3. The second kappa shape index (κ2) is 13.9. The van der Waals surface area contributed by atoms with E-state index < -0.39 is 24.0 Å². The van der Waals surface area contributed by atoms with Crippen LogP contribution in [0.5, 0.6) is 0 Å². The largest absolute Gasteiger partial charge is 0.391 e. The Morgan fingerprint density at radius 2 is 1.58 bits per heavy atom. The summed E-state index contributed by atoms with van der Waals surface area (Å²) < 4.78 is 0. The van der Waals surface area contributed by atoms with E-state index in [0.29, 0.717) is 22.8 Å². The molecule has 0 radical (unpaired) electrons. The first-order valence-corrected chi connectivity index (χ1v) is 12.0. The molecule has 10 heteroatoms. The summed E-state index contributed by atoms with van der Waals surface area (Å²) >= 11 is 5.96. The third-order valence-electron chi connectivity index (χ3n) is 5.33. The Balaban J connectivity index is 1.50. The molecule has 0 aliphatic heterocycles. The summed E-state index contributed by atoms with van der Waals surface area (Å²) in [4.78, 5) is 36.1. The molecule has 3 aromatic carbocycles. The number of hydrogen-bond acceptors (Lipinski definition) is 6. The van der Waals surface area contributed by atoms with Crippen molar-refractivity contribution in [1.82, 2.24) is 16.1 Å². The topological polar surface area (TPSA) is 140 Å². The van der Waals surface area contributed by atoms with Gasteiger partial charge in [-0.15, -0.1) is 0 Å². The third kappa shape index (κ3) is 8.73. The zero-order valence-corrected chi connectivity index (χ0v) is 21.3. The smallest absolute Gasteiger partial charge is 0.268 e. The van der Waals surface area contributed by atoms with E-state index in [-0.39, 0.29) is 18.0 Å². The fourth-order valence-corrected chi connectivity index (χ4v) is 3.57. The maximum atomic E-state index is 12.4. The molecule has 2 atom stereocenters. The highest BCUT2D eigenvalue weighted by Gasteiger charge is 2.25. The molecule has 3 rings (SSSR count). The van der Waals surface area contributed by atoms with Crippen molar-refractivity contribution in [2.45, 2.75) is 25.6 Å². The van der Waals surface area contributed by atoms with E-state index >= 15 is 0 Å². The maximum absolute atomic E-state index is 12.4. The summed E-state index contributed by atoms with van der Waals surface area (Å²) in [5.74, 6) is 4.33. The van der Waals surface area contributed by atoms with Gasteiger partial charge in [-0.1, -0.05) is 35.6 Å². The lowest BCUT2D eigenvalue weighted by molar-refractivity contribution is -0.133. The van der Waals surface area contributed by atoms with Crippen LogP contribution in [-0.4, -0.2) is 46.7 Å². The van der Waals surface area contributed by atoms with Gasteiger partial charge in [-0.25, -0.2) is 5.48 Å². The number of aliphatic hydroxyl groups is 1. The van der Waals surface area contributed by atoms with Crippen LogP contribution >= 0.6 is 11.6 Å². The van der Waals surface area contributed by atoms with Crippen molar-refractivity contribution < 1.29 is 24.7 Å². The Morgan fingerprint density at radius 1 is 0.947 bits per heavy atom. The van der Waals surface area contributed by atoms with E-state index in [4.69, 9.17) is 16.8 Å². The van der Waals surface area contributed by atoms with Crippen LogP contribution in [-0.2, 0) is 16.1 Å². The SMILES string of the molecule is C[C@@H](O)[C@H](NC(=O)c1ccc(C#Cc2ccc(NC(=O)CNCc3cccc(Cl)c3)cc2)cc1)C(=O)NO. The molecule has 9 nitrogen and oxygen atoms in total. The average Bonchev–Trinajstić information content (AvgIpc) is 2.91. The second-order valence-electron chi connectivity index (χ2n) is 8.35. The lowest BCUT2D eigenvalue weighted by atomic mass is 10.1. The predicted molar refractivity (Wildman–Crippen MR) is 144 cm³/mol. The van der Waals surface area contributed by atoms with Crippen molar-refractivity contribution in [2.75, 3.05) is 11.9 Å². The van der Waals surface area contributed by atoms with Gasteiger partial charge in [-0.2, -0.15) is 0 Å². The molecule has 0 bridgehead atoms. The van der Waals surface area contributed by atoms with Crippen molar-refractivity contribution in [2.24, 2.45) is 0 Å². The first-order valence-electron chi connectivity index (χ1n) is 11.6. The lowest BCUT2D eigenvalue weighted by Crippen LogP contribution is -2.51. The van der Waals surface area contributed by atoms with E-state index in [2.05, 4.69) is 27.8 Å². The first-order chi connectivity index (χ1) is 18.2. The van der Waals surface area contributed by atoms with Gasteiger partial charge in [0, 0.05) is 33.9 Å². The number of hydrogen-bond donors (Lipinski definition) is 6. The van der Waals surface area contributed by atoms with Crippen LogP contribution in [0.4, 0.5) is 5.69 Å². The van der Waals surface area contributed by atoms with Crippen molar-refractivity contribution in [3.05, 3.63) is 100 Å². The number of halogens is 1. The molecule has 0 fully saturated rings.